The highest BCUT2D eigenvalue weighted by molar-refractivity contribution is 8.07. The molecule has 3 aliphatic rings. The van der Waals surface area contributed by atoms with Gasteiger partial charge in [0.15, 0.2) is 17.4 Å². The predicted molar refractivity (Wildman–Crippen MR) is 112 cm³/mol. The molecular formula is C16H20N4O9P2S. The Kier molecular flexibility index (Phi) is 5.07. The van der Waals surface area contributed by atoms with Crippen molar-refractivity contribution >= 4 is 37.3 Å². The second kappa shape index (κ2) is 7.26. The van der Waals surface area contributed by atoms with Crippen LogP contribution < -0.4 is 5.56 Å². The summed E-state index contributed by atoms with van der Waals surface area (Å²) >= 11 is 5.00. The monoisotopic (exact) mass is 506 g/mol. The molecule has 32 heavy (non-hydrogen) atoms. The van der Waals surface area contributed by atoms with Crippen molar-refractivity contribution in [2.75, 3.05) is 7.11 Å². The lowest BCUT2D eigenvalue weighted by Gasteiger charge is -2.27. The fraction of sp³-hybridized carbons (Fsp3) is 0.562. The lowest BCUT2D eigenvalue weighted by Crippen LogP contribution is -2.31. The van der Waals surface area contributed by atoms with E-state index in [2.05, 4.69) is 21.5 Å². The van der Waals surface area contributed by atoms with E-state index in [-0.39, 0.29) is 17.6 Å². The number of nitrogens with one attached hydrogen (secondary N) is 1. The maximum absolute atomic E-state index is 12.0. The molecule has 2 aromatic heterocycles. The average molecular weight is 506 g/mol. The third-order valence-electron chi connectivity index (χ3n) is 6.28. The van der Waals surface area contributed by atoms with Crippen LogP contribution in [0.1, 0.15) is 12.6 Å². The molecule has 174 valence electrons. The Morgan fingerprint density at radius 1 is 1.44 bits per heavy atom. The number of H-pyrrole nitrogens is 1. The van der Waals surface area contributed by atoms with Gasteiger partial charge in [0.25, 0.3) is 5.56 Å². The van der Waals surface area contributed by atoms with E-state index in [1.807, 2.05) is 0 Å². The molecule has 3 heterocycles. The van der Waals surface area contributed by atoms with Crippen molar-refractivity contribution in [3.63, 3.8) is 0 Å². The summed E-state index contributed by atoms with van der Waals surface area (Å²) in [5, 5.41) is 0. The van der Waals surface area contributed by atoms with E-state index in [1.54, 1.807) is 0 Å². The lowest BCUT2D eigenvalue weighted by molar-refractivity contribution is -0.114. The largest absolute Gasteiger partial charge is 0.433 e. The number of aromatic amines is 1. The van der Waals surface area contributed by atoms with E-state index in [4.69, 9.17) is 30.3 Å². The topological polar surface area (TPSA) is 178 Å². The van der Waals surface area contributed by atoms with Gasteiger partial charge in [-0.2, -0.15) is 0 Å². The van der Waals surface area contributed by atoms with Crippen LogP contribution in [0.3, 0.4) is 0 Å². The number of hydrogen-bond acceptors (Lipinski definition) is 9. The van der Waals surface area contributed by atoms with Crippen LogP contribution in [-0.2, 0) is 34.9 Å². The van der Waals surface area contributed by atoms with Crippen LogP contribution in [0, 0.1) is 11.8 Å². The van der Waals surface area contributed by atoms with E-state index in [0.29, 0.717) is 0 Å². The molecule has 0 spiro atoms. The van der Waals surface area contributed by atoms with Crippen molar-refractivity contribution in [1.82, 2.24) is 19.5 Å². The Labute approximate surface area is 185 Å². The highest BCUT2D eigenvalue weighted by Gasteiger charge is 2.85. The number of nitrogens with zero attached hydrogens (tertiary/aromatic N) is 3. The summed E-state index contributed by atoms with van der Waals surface area (Å²) in [7, 11) is -2.92. The van der Waals surface area contributed by atoms with Gasteiger partial charge in [-0.1, -0.05) is 6.58 Å². The van der Waals surface area contributed by atoms with Crippen molar-refractivity contribution in [2.24, 2.45) is 11.8 Å². The van der Waals surface area contributed by atoms with Gasteiger partial charge in [0.2, 0.25) is 0 Å². The summed E-state index contributed by atoms with van der Waals surface area (Å²) in [5.74, 6) is -1.06. The van der Waals surface area contributed by atoms with Gasteiger partial charge in [-0.25, -0.2) is 9.97 Å². The van der Waals surface area contributed by atoms with Crippen molar-refractivity contribution in [3.05, 3.63) is 35.8 Å². The van der Waals surface area contributed by atoms with Crippen LogP contribution >= 0.6 is 14.3 Å². The number of ether oxygens (including phenoxy) is 2. The van der Waals surface area contributed by atoms with Crippen LogP contribution in [0.2, 0.25) is 0 Å². The first-order chi connectivity index (χ1) is 15.0. The molecule has 4 N–H and O–H groups in total. The zero-order valence-electron chi connectivity index (χ0n) is 16.5. The van der Waals surface area contributed by atoms with Gasteiger partial charge in [-0.15, -0.1) is 0 Å². The van der Waals surface area contributed by atoms with Crippen LogP contribution in [-0.4, -0.2) is 64.8 Å². The second-order valence-corrected chi connectivity index (χ2v) is 12.5. The van der Waals surface area contributed by atoms with E-state index in [0.717, 1.165) is 6.26 Å². The molecule has 0 bridgehead atoms. The van der Waals surface area contributed by atoms with E-state index >= 15 is 0 Å². The summed E-state index contributed by atoms with van der Waals surface area (Å²) in [6, 6.07) is 0. The minimum Gasteiger partial charge on any atom is -0.433 e. The normalized spacial score (nSPS) is 37.6. The van der Waals surface area contributed by atoms with Crippen LogP contribution in [0.25, 0.3) is 11.2 Å². The first kappa shape index (κ1) is 22.3. The number of fused-ring (bicyclic) bond motifs is 2. The van der Waals surface area contributed by atoms with Crippen molar-refractivity contribution < 1.29 is 37.8 Å². The Balaban J connectivity index is 1.53. The molecular weight excluding hydrogens is 486 g/mol. The summed E-state index contributed by atoms with van der Waals surface area (Å²) in [6.45, 7) is -0.346. The Morgan fingerprint density at radius 2 is 2.19 bits per heavy atom. The average Bonchev–Trinajstić information content (AvgIpc) is 3.52. The molecule has 16 heteroatoms. The van der Waals surface area contributed by atoms with Crippen LogP contribution in [0.4, 0.5) is 0 Å². The highest BCUT2D eigenvalue weighted by atomic mass is 32.5. The molecule has 1 aliphatic heterocycles. The minimum atomic E-state index is -4.38. The quantitative estimate of drug-likeness (QED) is 0.286. The zero-order chi connectivity index (χ0) is 23.1. The third-order valence-corrected chi connectivity index (χ3v) is 9.14. The van der Waals surface area contributed by atoms with Crippen molar-refractivity contribution in [3.8, 4) is 0 Å². The van der Waals surface area contributed by atoms with Crippen molar-refractivity contribution in [2.45, 2.75) is 36.1 Å². The Morgan fingerprint density at radius 3 is 2.81 bits per heavy atom. The van der Waals surface area contributed by atoms with Gasteiger partial charge in [-0.05, 0) is 6.42 Å². The number of imidazole rings is 1. The Bertz CT molecular complexity index is 1250. The van der Waals surface area contributed by atoms with Gasteiger partial charge in [0.05, 0.1) is 30.5 Å². The SMILES string of the molecule is C=COP(O)(=S)OC1C2C(OC)[C@H](n3cnc4c(=O)[nH]cnc43)OC12C1CC1P(=O)(O)O. The fourth-order valence-corrected chi connectivity index (χ4v) is 7.41. The predicted octanol–water partition coefficient (Wildman–Crippen LogP) is 0.360. The molecule has 2 saturated carbocycles. The van der Waals surface area contributed by atoms with Gasteiger partial charge >= 0.3 is 14.3 Å². The molecule has 2 aliphatic carbocycles. The molecule has 0 aromatic carbocycles. The zero-order valence-corrected chi connectivity index (χ0v) is 19.2. The first-order valence-corrected chi connectivity index (χ1v) is 13.8. The third kappa shape index (κ3) is 3.25. The fourth-order valence-electron chi connectivity index (χ4n) is 4.93. The van der Waals surface area contributed by atoms with Gasteiger partial charge in [-0.3, -0.25) is 18.5 Å². The summed E-state index contributed by atoms with van der Waals surface area (Å²) in [4.78, 5) is 52.4. The molecule has 8 atom stereocenters. The maximum atomic E-state index is 12.0. The molecule has 0 amide bonds. The first-order valence-electron chi connectivity index (χ1n) is 9.51. The van der Waals surface area contributed by atoms with Gasteiger partial charge < -0.3 is 33.7 Å². The molecule has 13 nitrogen and oxygen atoms in total. The molecule has 3 fully saturated rings. The summed E-state index contributed by atoms with van der Waals surface area (Å²) < 4.78 is 36.1. The number of methoxy groups -OCH3 is 1. The van der Waals surface area contributed by atoms with Gasteiger partial charge in [0.1, 0.15) is 17.8 Å². The van der Waals surface area contributed by atoms with E-state index in [9.17, 15) is 24.0 Å². The molecule has 7 unspecified atom stereocenters. The maximum Gasteiger partial charge on any atom is 0.377 e. The standard InChI is InChI=1S/C16H20N4O9P2S/c1-3-27-31(25,32)29-12-9-11(26-2)15(20-6-19-10-13(20)17-5-18-14(10)21)28-16(9,12)7-4-8(7)30(22,23)24/h3,5-9,11-12,15H,1,4H2,2H3,(H,25,32)(H,17,18,21)(H2,22,23,24)/t7?,8?,9?,11?,12?,15-,16?,31?/m1/s1. The summed E-state index contributed by atoms with van der Waals surface area (Å²) in [5.41, 5.74) is -2.13. The van der Waals surface area contributed by atoms with E-state index < -0.39 is 61.4 Å². The number of aromatic nitrogens is 4. The van der Waals surface area contributed by atoms with Crippen LogP contribution in [0.15, 0.2) is 30.3 Å². The lowest BCUT2D eigenvalue weighted by atomic mass is 10.1. The molecule has 0 radical (unpaired) electrons. The number of rotatable bonds is 8. The van der Waals surface area contributed by atoms with Crippen molar-refractivity contribution in [1.29, 1.82) is 0 Å². The minimum absolute atomic E-state index is 0.109. The smallest absolute Gasteiger partial charge is 0.377 e. The number of hydrogen-bond donors (Lipinski definition) is 4. The molecule has 5 rings (SSSR count). The second-order valence-electron chi connectivity index (χ2n) is 7.91. The van der Waals surface area contributed by atoms with Crippen LogP contribution in [0.5, 0.6) is 0 Å². The van der Waals surface area contributed by atoms with Gasteiger partial charge in [0, 0.05) is 24.8 Å². The van der Waals surface area contributed by atoms with E-state index in [1.165, 1.54) is 24.3 Å². The molecule has 2 aromatic rings. The summed E-state index contributed by atoms with van der Waals surface area (Å²) in [6.07, 6.45) is 1.52. The molecule has 1 saturated heterocycles. The highest BCUT2D eigenvalue weighted by Crippen LogP contribution is 2.76. The Hall–Kier alpha value is -1.47.